The summed E-state index contributed by atoms with van der Waals surface area (Å²) in [6.07, 6.45) is -0.0806. The number of nitrogens with one attached hydrogen (secondary N) is 1. The second kappa shape index (κ2) is 6.45. The zero-order valence-corrected chi connectivity index (χ0v) is 14.3. The molecule has 1 fully saturated rings. The zero-order chi connectivity index (χ0) is 18.3. The Labute approximate surface area is 149 Å². The number of aliphatic hydroxyl groups excluding tert-OH is 1. The molecule has 0 bridgehead atoms. The van der Waals surface area contributed by atoms with E-state index >= 15 is 0 Å². The molecule has 8 heteroatoms. The highest BCUT2D eigenvalue weighted by Gasteiger charge is 2.35. The monoisotopic (exact) mass is 357 g/mol. The number of benzene rings is 1. The molecule has 0 unspecified atom stereocenters. The van der Waals surface area contributed by atoms with Crippen LogP contribution in [0, 0.1) is 12.8 Å². The van der Waals surface area contributed by atoms with Gasteiger partial charge in [-0.05, 0) is 25.1 Å². The van der Waals surface area contributed by atoms with E-state index in [9.17, 15) is 14.7 Å². The van der Waals surface area contributed by atoms with Crippen molar-refractivity contribution in [3.8, 4) is 5.75 Å². The lowest BCUT2D eigenvalue weighted by Crippen LogP contribution is -2.30. The predicted molar refractivity (Wildman–Crippen MR) is 90.9 cm³/mol. The van der Waals surface area contributed by atoms with E-state index in [0.717, 1.165) is 5.69 Å². The van der Waals surface area contributed by atoms with Crippen LogP contribution in [0.4, 0.5) is 5.69 Å². The van der Waals surface area contributed by atoms with Crippen LogP contribution in [0.1, 0.15) is 21.8 Å². The van der Waals surface area contributed by atoms with Gasteiger partial charge in [0.2, 0.25) is 0 Å². The van der Waals surface area contributed by atoms with Gasteiger partial charge in [-0.15, -0.1) is 0 Å². The Morgan fingerprint density at radius 3 is 3.00 bits per heavy atom. The fraction of sp³-hybridized carbons (Fsp3) is 0.389. The number of amides is 2. The Morgan fingerprint density at radius 1 is 1.38 bits per heavy atom. The molecule has 0 aliphatic carbocycles. The Kier molecular flexibility index (Phi) is 4.12. The summed E-state index contributed by atoms with van der Waals surface area (Å²) in [5.41, 5.74) is 1.81. The number of hydrogen-bond donors (Lipinski definition) is 2. The number of β-amino-alcohol motifs (C(OH)–C–C–N with tert-alkyl or cyclic N) is 1. The number of carbonyl (C=O) groups excluding carboxylic acids is 2. The van der Waals surface area contributed by atoms with Gasteiger partial charge in [0.25, 0.3) is 11.8 Å². The number of carbonyl (C=O) groups is 2. The lowest BCUT2D eigenvalue weighted by atomic mass is 10.0. The van der Waals surface area contributed by atoms with Crippen LogP contribution >= 0.6 is 0 Å². The molecule has 136 valence electrons. The molecule has 0 spiro atoms. The number of hydrogen-bond acceptors (Lipinski definition) is 6. The molecule has 8 nitrogen and oxygen atoms in total. The van der Waals surface area contributed by atoms with Crippen molar-refractivity contribution in [2.24, 2.45) is 5.92 Å². The van der Waals surface area contributed by atoms with Crippen molar-refractivity contribution in [1.82, 2.24) is 10.1 Å². The first-order valence-electron chi connectivity index (χ1n) is 8.46. The number of aliphatic hydroxyl groups is 1. The summed E-state index contributed by atoms with van der Waals surface area (Å²) in [5.74, 6) is 0.690. The third-order valence-corrected chi connectivity index (χ3v) is 4.70. The molecule has 2 aliphatic heterocycles. The van der Waals surface area contributed by atoms with Crippen molar-refractivity contribution in [2.45, 2.75) is 19.4 Å². The number of rotatable bonds is 3. The van der Waals surface area contributed by atoms with Gasteiger partial charge in [-0.25, -0.2) is 0 Å². The van der Waals surface area contributed by atoms with Crippen LogP contribution in [0.15, 0.2) is 28.8 Å². The molecule has 0 saturated carbocycles. The summed E-state index contributed by atoms with van der Waals surface area (Å²) >= 11 is 0. The molecule has 2 amide bonds. The van der Waals surface area contributed by atoms with Crippen LogP contribution in [0.2, 0.25) is 0 Å². The maximum atomic E-state index is 12.8. The average molecular weight is 357 g/mol. The average Bonchev–Trinajstić information content (AvgIpc) is 3.20. The minimum absolute atomic E-state index is 0.0637. The Hall–Kier alpha value is -2.87. The minimum Gasteiger partial charge on any atom is -0.482 e. The number of nitrogens with zero attached hydrogens (tertiary/aromatic N) is 2. The van der Waals surface area contributed by atoms with Gasteiger partial charge in [0.05, 0.1) is 17.5 Å². The molecule has 1 aromatic heterocycles. The van der Waals surface area contributed by atoms with Crippen molar-refractivity contribution < 1.29 is 24.0 Å². The Morgan fingerprint density at radius 2 is 2.23 bits per heavy atom. The van der Waals surface area contributed by atoms with Gasteiger partial charge in [0.15, 0.2) is 6.61 Å². The molecule has 0 radical (unpaired) electrons. The summed E-state index contributed by atoms with van der Waals surface area (Å²) < 4.78 is 10.6. The van der Waals surface area contributed by atoms with Crippen LogP contribution in [0.25, 0.3) is 0 Å². The summed E-state index contributed by atoms with van der Waals surface area (Å²) in [4.78, 5) is 25.7. The molecule has 2 aromatic rings. The summed E-state index contributed by atoms with van der Waals surface area (Å²) in [6, 6.07) is 6.76. The molecule has 1 saturated heterocycles. The lowest BCUT2D eigenvalue weighted by molar-refractivity contribution is -0.118. The molecular weight excluding hydrogens is 338 g/mol. The molecule has 2 aliphatic rings. The highest BCUT2D eigenvalue weighted by atomic mass is 16.5. The van der Waals surface area contributed by atoms with Crippen molar-refractivity contribution in [3.63, 3.8) is 0 Å². The smallest absolute Gasteiger partial charge is 0.262 e. The van der Waals surface area contributed by atoms with E-state index in [2.05, 4.69) is 10.5 Å². The first-order valence-corrected chi connectivity index (χ1v) is 8.46. The highest BCUT2D eigenvalue weighted by molar-refractivity contribution is 5.99. The van der Waals surface area contributed by atoms with Crippen LogP contribution in [-0.2, 0) is 11.2 Å². The number of aromatic nitrogens is 1. The molecule has 26 heavy (non-hydrogen) atoms. The van der Waals surface area contributed by atoms with Gasteiger partial charge in [-0.1, -0.05) is 5.16 Å². The highest BCUT2D eigenvalue weighted by Crippen LogP contribution is 2.30. The van der Waals surface area contributed by atoms with Crippen LogP contribution in [0.5, 0.6) is 5.75 Å². The third-order valence-electron chi connectivity index (χ3n) is 4.70. The van der Waals surface area contributed by atoms with Crippen molar-refractivity contribution >= 4 is 17.5 Å². The van der Waals surface area contributed by atoms with Gasteiger partial charge in [-0.3, -0.25) is 9.59 Å². The van der Waals surface area contributed by atoms with Gasteiger partial charge < -0.3 is 24.6 Å². The first-order chi connectivity index (χ1) is 12.5. The maximum Gasteiger partial charge on any atom is 0.262 e. The van der Waals surface area contributed by atoms with E-state index in [0.29, 0.717) is 35.7 Å². The normalized spacial score (nSPS) is 21.9. The zero-order valence-electron chi connectivity index (χ0n) is 14.3. The van der Waals surface area contributed by atoms with Crippen LogP contribution in [0.3, 0.4) is 0 Å². The molecule has 1 aromatic carbocycles. The van der Waals surface area contributed by atoms with E-state index in [1.807, 2.05) is 13.0 Å². The van der Waals surface area contributed by atoms with Crippen molar-refractivity contribution in [1.29, 1.82) is 0 Å². The van der Waals surface area contributed by atoms with E-state index in [-0.39, 0.29) is 30.9 Å². The lowest BCUT2D eigenvalue weighted by Gasteiger charge is -2.20. The third kappa shape index (κ3) is 3.15. The summed E-state index contributed by atoms with van der Waals surface area (Å²) in [6.45, 7) is 2.49. The fourth-order valence-electron chi connectivity index (χ4n) is 3.38. The molecule has 2 N–H and O–H groups in total. The van der Waals surface area contributed by atoms with E-state index in [1.54, 1.807) is 23.1 Å². The maximum absolute atomic E-state index is 12.8. The van der Waals surface area contributed by atoms with Gasteiger partial charge in [0, 0.05) is 37.1 Å². The van der Waals surface area contributed by atoms with Gasteiger partial charge >= 0.3 is 0 Å². The minimum atomic E-state index is -0.613. The predicted octanol–water partition coefficient (Wildman–Crippen LogP) is 0.990. The fourth-order valence-corrected chi connectivity index (χ4v) is 3.38. The van der Waals surface area contributed by atoms with Crippen molar-refractivity contribution in [2.75, 3.05) is 25.0 Å². The van der Waals surface area contributed by atoms with Crippen LogP contribution in [-0.4, -0.2) is 52.8 Å². The van der Waals surface area contributed by atoms with Gasteiger partial charge in [-0.2, -0.15) is 0 Å². The SMILES string of the molecule is Cc1cc(C[C@@H]2CN(C(=O)c3ccc4c(c3)OCC(=O)N4)C[C@@H]2O)on1. The van der Waals surface area contributed by atoms with Crippen LogP contribution < -0.4 is 10.1 Å². The summed E-state index contributed by atoms with van der Waals surface area (Å²) in [7, 11) is 0. The number of anilines is 1. The van der Waals surface area contributed by atoms with Gasteiger partial charge in [0.1, 0.15) is 11.5 Å². The number of fused-ring (bicyclic) bond motifs is 1. The molecule has 2 atom stereocenters. The summed E-state index contributed by atoms with van der Waals surface area (Å²) in [5, 5.41) is 16.9. The van der Waals surface area contributed by atoms with E-state index in [1.165, 1.54) is 0 Å². The molecular formula is C18H19N3O5. The number of ether oxygens (including phenoxy) is 1. The number of likely N-dealkylation sites (tertiary alicyclic amines) is 1. The Bertz CT molecular complexity index is 862. The Balaban J connectivity index is 1.46. The van der Waals surface area contributed by atoms with E-state index < -0.39 is 6.10 Å². The standard InChI is InChI=1S/C18H19N3O5/c1-10-4-13(26-20-10)5-12-7-21(8-15(12)22)18(24)11-2-3-14-16(6-11)25-9-17(23)19-14/h2-4,6,12,15,22H,5,7-9H2,1H3,(H,19,23)/t12-,15+/m1/s1. The first kappa shape index (κ1) is 16.6. The largest absolute Gasteiger partial charge is 0.482 e. The second-order valence-corrected chi connectivity index (χ2v) is 6.72. The topological polar surface area (TPSA) is 105 Å². The quantitative estimate of drug-likeness (QED) is 0.849. The van der Waals surface area contributed by atoms with Crippen molar-refractivity contribution in [3.05, 3.63) is 41.3 Å². The molecule has 3 heterocycles. The second-order valence-electron chi connectivity index (χ2n) is 6.72. The van der Waals surface area contributed by atoms with E-state index in [4.69, 9.17) is 9.26 Å². The molecule has 4 rings (SSSR count). The number of aryl methyl sites for hydroxylation is 1.